The number of nitrogens with zero attached hydrogens (tertiary/aromatic N) is 2. The van der Waals surface area contributed by atoms with E-state index in [9.17, 15) is 9.59 Å². The Morgan fingerprint density at radius 1 is 0.760 bits per heavy atom. The first kappa shape index (κ1) is 15.7. The van der Waals surface area contributed by atoms with E-state index in [1.165, 1.54) is 0 Å². The molecule has 0 aliphatic carbocycles. The normalized spacial score (nSPS) is 11.3. The molecule has 5 heteroatoms. The second-order valence-electron chi connectivity index (χ2n) is 6.10. The van der Waals surface area contributed by atoms with Crippen molar-refractivity contribution in [3.63, 3.8) is 0 Å². The lowest BCUT2D eigenvalue weighted by Crippen LogP contribution is -1.84. The van der Waals surface area contributed by atoms with Crippen molar-refractivity contribution in [2.75, 3.05) is 0 Å². The molecule has 0 amide bonds. The monoisotopic (exact) mass is 348 g/mol. The van der Waals surface area contributed by atoms with Gasteiger partial charge in [0.1, 0.15) is 12.6 Å². The number of benzene rings is 2. The van der Waals surface area contributed by atoms with E-state index in [1.807, 2.05) is 50.5 Å². The van der Waals surface area contributed by atoms with E-state index >= 15 is 0 Å². The van der Waals surface area contributed by atoms with E-state index in [0.29, 0.717) is 11.1 Å². The second-order valence-corrected chi connectivity index (χ2v) is 7.18. The third kappa shape index (κ3) is 2.57. The lowest BCUT2D eigenvalue weighted by Gasteiger charge is -2.00. The predicted molar refractivity (Wildman–Crippen MR) is 101 cm³/mol. The summed E-state index contributed by atoms with van der Waals surface area (Å²) in [6.45, 7) is 0. The number of carbonyl (C=O) groups excluding carboxylic acids is 2. The Bertz CT molecular complexity index is 1050. The average molecular weight is 348 g/mol. The van der Waals surface area contributed by atoms with Gasteiger partial charge in [-0.05, 0) is 36.4 Å². The van der Waals surface area contributed by atoms with Crippen molar-refractivity contribution in [2.45, 2.75) is 9.79 Å². The maximum absolute atomic E-state index is 11.1. The summed E-state index contributed by atoms with van der Waals surface area (Å²) < 4.78 is 4.13. The van der Waals surface area contributed by atoms with E-state index in [0.717, 1.165) is 44.2 Å². The Morgan fingerprint density at radius 2 is 1.20 bits per heavy atom. The molecular weight excluding hydrogens is 332 g/mol. The molecule has 0 radical (unpaired) electrons. The van der Waals surface area contributed by atoms with E-state index in [1.54, 1.807) is 11.8 Å². The summed E-state index contributed by atoms with van der Waals surface area (Å²) in [5.41, 5.74) is 3.51. The van der Waals surface area contributed by atoms with Gasteiger partial charge in [0.15, 0.2) is 0 Å². The molecule has 4 rings (SSSR count). The standard InChI is InChI=1S/C20H16N2O2S/c1-21-9-19(15-7-13(11-23)3-5-17(15)21)25-20-10-22(2)18-6-4-14(12-24)8-16(18)20/h3-12H,1-2H3. The number of rotatable bonds is 4. The second kappa shape index (κ2) is 5.93. The highest BCUT2D eigenvalue weighted by Gasteiger charge is 2.13. The van der Waals surface area contributed by atoms with Crippen LogP contribution in [0.5, 0.6) is 0 Å². The summed E-state index contributed by atoms with van der Waals surface area (Å²) in [4.78, 5) is 24.4. The minimum atomic E-state index is 0.668. The Kier molecular flexibility index (Phi) is 3.73. The molecule has 0 atom stereocenters. The first-order valence-electron chi connectivity index (χ1n) is 7.87. The van der Waals surface area contributed by atoms with Gasteiger partial charge in [-0.15, -0.1) is 0 Å². The zero-order valence-corrected chi connectivity index (χ0v) is 14.7. The van der Waals surface area contributed by atoms with Gasteiger partial charge in [0.05, 0.1) is 0 Å². The molecule has 0 N–H and O–H groups in total. The summed E-state index contributed by atoms with van der Waals surface area (Å²) in [6, 6.07) is 11.4. The Balaban J connectivity index is 1.88. The SMILES string of the molecule is Cn1cc(Sc2cn(C)c3ccc(C=O)cc23)c2cc(C=O)ccc21. The molecule has 0 aliphatic heterocycles. The third-order valence-corrected chi connectivity index (χ3v) is 5.54. The molecule has 0 unspecified atom stereocenters. The van der Waals surface area contributed by atoms with Gasteiger partial charge in [0, 0.05) is 69.2 Å². The molecule has 124 valence electrons. The van der Waals surface area contributed by atoms with Crippen molar-refractivity contribution in [2.24, 2.45) is 14.1 Å². The van der Waals surface area contributed by atoms with Crippen molar-refractivity contribution in [1.29, 1.82) is 0 Å². The fourth-order valence-electron chi connectivity index (χ4n) is 3.17. The number of aromatic nitrogens is 2. The topological polar surface area (TPSA) is 44.0 Å². The highest BCUT2D eigenvalue weighted by Crippen LogP contribution is 2.39. The maximum atomic E-state index is 11.1. The molecular formula is C20H16N2O2S. The molecule has 0 aliphatic rings. The Morgan fingerprint density at radius 3 is 1.60 bits per heavy atom. The predicted octanol–water partition coefficient (Wildman–Crippen LogP) is 4.45. The summed E-state index contributed by atoms with van der Waals surface area (Å²) in [6.07, 6.45) is 5.89. The fourth-order valence-corrected chi connectivity index (χ4v) is 4.38. The summed E-state index contributed by atoms with van der Waals surface area (Å²) in [5.74, 6) is 0. The number of hydrogen-bond acceptors (Lipinski definition) is 3. The smallest absolute Gasteiger partial charge is 0.150 e. The lowest BCUT2D eigenvalue weighted by atomic mass is 10.2. The van der Waals surface area contributed by atoms with Crippen LogP contribution in [0.25, 0.3) is 21.8 Å². The molecule has 0 fully saturated rings. The first-order chi connectivity index (χ1) is 12.1. The van der Waals surface area contributed by atoms with Gasteiger partial charge < -0.3 is 9.13 Å². The molecule has 2 aromatic heterocycles. The van der Waals surface area contributed by atoms with Gasteiger partial charge in [-0.2, -0.15) is 0 Å². The minimum absolute atomic E-state index is 0.668. The highest BCUT2D eigenvalue weighted by atomic mass is 32.2. The van der Waals surface area contributed by atoms with Crippen LogP contribution in [0.4, 0.5) is 0 Å². The molecule has 2 aromatic carbocycles. The number of hydrogen-bond donors (Lipinski definition) is 0. The van der Waals surface area contributed by atoms with Crippen LogP contribution in [0.2, 0.25) is 0 Å². The zero-order valence-electron chi connectivity index (χ0n) is 13.9. The molecule has 0 bridgehead atoms. The summed E-state index contributed by atoms with van der Waals surface area (Å²) in [5, 5.41) is 2.11. The lowest BCUT2D eigenvalue weighted by molar-refractivity contribution is 0.111. The van der Waals surface area contributed by atoms with Crippen molar-refractivity contribution in [1.82, 2.24) is 9.13 Å². The van der Waals surface area contributed by atoms with Crippen LogP contribution in [0, 0.1) is 0 Å². The molecule has 2 heterocycles. The van der Waals surface area contributed by atoms with Crippen LogP contribution in [0.15, 0.2) is 58.6 Å². The zero-order chi connectivity index (χ0) is 17.6. The van der Waals surface area contributed by atoms with E-state index < -0.39 is 0 Å². The third-order valence-electron chi connectivity index (χ3n) is 4.45. The van der Waals surface area contributed by atoms with Crippen molar-refractivity contribution in [3.8, 4) is 0 Å². The number of aryl methyl sites for hydroxylation is 2. The van der Waals surface area contributed by atoms with Crippen LogP contribution >= 0.6 is 11.8 Å². The quantitative estimate of drug-likeness (QED) is 0.512. The van der Waals surface area contributed by atoms with E-state index in [4.69, 9.17) is 0 Å². The van der Waals surface area contributed by atoms with Crippen LogP contribution in [-0.4, -0.2) is 21.7 Å². The van der Waals surface area contributed by atoms with Gasteiger partial charge >= 0.3 is 0 Å². The van der Waals surface area contributed by atoms with Crippen LogP contribution in [-0.2, 0) is 14.1 Å². The van der Waals surface area contributed by atoms with Gasteiger partial charge in [0.2, 0.25) is 0 Å². The van der Waals surface area contributed by atoms with Crippen molar-refractivity contribution >= 4 is 46.1 Å². The van der Waals surface area contributed by atoms with E-state index in [2.05, 4.69) is 21.5 Å². The largest absolute Gasteiger partial charge is 0.349 e. The summed E-state index contributed by atoms with van der Waals surface area (Å²) >= 11 is 1.65. The molecule has 0 saturated carbocycles. The van der Waals surface area contributed by atoms with Gasteiger partial charge in [-0.1, -0.05) is 11.8 Å². The number of carbonyl (C=O) groups is 2. The summed E-state index contributed by atoms with van der Waals surface area (Å²) in [7, 11) is 4.00. The highest BCUT2D eigenvalue weighted by molar-refractivity contribution is 7.99. The maximum Gasteiger partial charge on any atom is 0.150 e. The molecule has 0 spiro atoms. The fraction of sp³-hybridized carbons (Fsp3) is 0.100. The van der Waals surface area contributed by atoms with E-state index in [-0.39, 0.29) is 0 Å². The van der Waals surface area contributed by atoms with Crippen LogP contribution in [0.1, 0.15) is 20.7 Å². The van der Waals surface area contributed by atoms with Gasteiger partial charge in [-0.3, -0.25) is 9.59 Å². The average Bonchev–Trinajstić information content (AvgIpc) is 3.11. The van der Waals surface area contributed by atoms with Gasteiger partial charge in [0.25, 0.3) is 0 Å². The molecule has 0 saturated heterocycles. The number of aldehydes is 2. The van der Waals surface area contributed by atoms with Gasteiger partial charge in [-0.25, -0.2) is 0 Å². The van der Waals surface area contributed by atoms with Crippen LogP contribution in [0.3, 0.4) is 0 Å². The Labute approximate surface area is 149 Å². The van der Waals surface area contributed by atoms with Crippen molar-refractivity contribution < 1.29 is 9.59 Å². The minimum Gasteiger partial charge on any atom is -0.349 e. The van der Waals surface area contributed by atoms with Crippen molar-refractivity contribution in [3.05, 3.63) is 59.9 Å². The molecule has 25 heavy (non-hydrogen) atoms. The molecule has 4 nitrogen and oxygen atoms in total. The Hall–Kier alpha value is -2.79. The number of fused-ring (bicyclic) bond motifs is 2. The van der Waals surface area contributed by atoms with Crippen LogP contribution < -0.4 is 0 Å². The first-order valence-corrected chi connectivity index (χ1v) is 8.68. The molecule has 4 aromatic rings.